The first-order valence-electron chi connectivity index (χ1n) is 10.4. The summed E-state index contributed by atoms with van der Waals surface area (Å²) in [6.07, 6.45) is 3.33. The fourth-order valence-electron chi connectivity index (χ4n) is 4.12. The third kappa shape index (κ3) is 4.12. The van der Waals surface area contributed by atoms with Gasteiger partial charge in [-0.15, -0.1) is 0 Å². The van der Waals surface area contributed by atoms with Crippen molar-refractivity contribution in [3.05, 3.63) is 52.5 Å². The minimum absolute atomic E-state index is 0.0430. The van der Waals surface area contributed by atoms with Crippen LogP contribution < -0.4 is 14.2 Å². The maximum Gasteiger partial charge on any atom is 0.254 e. The lowest BCUT2D eigenvalue weighted by Gasteiger charge is -2.27. The SMILES string of the molecule is O=C(c1ccc(Cl)c(S(=O)(=O)NC2CC2)c1)N1CCC[C@H]1c1ccc2c(c1)OCCO2. The number of likely N-dealkylation sites (tertiary alicyclic amines) is 1. The number of fused-ring (bicyclic) bond motifs is 1. The highest BCUT2D eigenvalue weighted by Crippen LogP contribution is 2.39. The number of nitrogens with zero attached hydrogens (tertiary/aromatic N) is 1. The highest BCUT2D eigenvalue weighted by atomic mass is 35.5. The number of nitrogens with one attached hydrogen (secondary N) is 1. The molecule has 7 nitrogen and oxygen atoms in total. The quantitative estimate of drug-likeness (QED) is 0.734. The van der Waals surface area contributed by atoms with Crippen LogP contribution in [0.3, 0.4) is 0 Å². The molecule has 0 aromatic heterocycles. The molecule has 1 aliphatic carbocycles. The molecule has 9 heteroatoms. The van der Waals surface area contributed by atoms with Crippen LogP contribution in [0.5, 0.6) is 11.5 Å². The number of amides is 1. The van der Waals surface area contributed by atoms with Gasteiger partial charge in [0.05, 0.1) is 11.1 Å². The van der Waals surface area contributed by atoms with Gasteiger partial charge >= 0.3 is 0 Å². The van der Waals surface area contributed by atoms with Crippen molar-refractivity contribution in [2.45, 2.75) is 42.7 Å². The summed E-state index contributed by atoms with van der Waals surface area (Å²) >= 11 is 6.17. The minimum Gasteiger partial charge on any atom is -0.486 e. The molecule has 2 aromatic rings. The summed E-state index contributed by atoms with van der Waals surface area (Å²) < 4.78 is 39.3. The zero-order valence-electron chi connectivity index (χ0n) is 16.8. The van der Waals surface area contributed by atoms with Gasteiger partial charge < -0.3 is 14.4 Å². The van der Waals surface area contributed by atoms with Crippen LogP contribution >= 0.6 is 11.6 Å². The number of benzene rings is 2. The van der Waals surface area contributed by atoms with E-state index in [4.69, 9.17) is 21.1 Å². The van der Waals surface area contributed by atoms with Gasteiger partial charge in [0.2, 0.25) is 10.0 Å². The van der Waals surface area contributed by atoms with Gasteiger partial charge in [-0.1, -0.05) is 17.7 Å². The monoisotopic (exact) mass is 462 g/mol. The molecule has 5 rings (SSSR count). The number of hydrogen-bond acceptors (Lipinski definition) is 5. The third-order valence-electron chi connectivity index (χ3n) is 5.83. The molecule has 3 aliphatic rings. The predicted molar refractivity (Wildman–Crippen MR) is 115 cm³/mol. The fraction of sp³-hybridized carbons (Fsp3) is 0.409. The predicted octanol–water partition coefficient (Wildman–Crippen LogP) is 3.53. The average molecular weight is 463 g/mol. The van der Waals surface area contributed by atoms with Gasteiger partial charge in [-0.05, 0) is 61.6 Å². The molecule has 2 fully saturated rings. The van der Waals surface area contributed by atoms with E-state index in [1.807, 2.05) is 18.2 Å². The highest BCUT2D eigenvalue weighted by Gasteiger charge is 2.33. The molecule has 2 heterocycles. The van der Waals surface area contributed by atoms with Gasteiger partial charge in [0.25, 0.3) is 5.91 Å². The number of hydrogen-bond donors (Lipinski definition) is 1. The van der Waals surface area contributed by atoms with Crippen LogP contribution in [0.15, 0.2) is 41.3 Å². The molecule has 1 saturated heterocycles. The van der Waals surface area contributed by atoms with Crippen LogP contribution in [0.25, 0.3) is 0 Å². The van der Waals surface area contributed by atoms with Crippen molar-refractivity contribution in [3.63, 3.8) is 0 Å². The first-order valence-corrected chi connectivity index (χ1v) is 12.3. The standard InChI is InChI=1S/C22H23ClN2O5S/c23-17-7-3-15(13-21(17)31(27,28)24-16-5-6-16)22(26)25-9-1-2-18(25)14-4-8-19-20(12-14)30-11-10-29-19/h3-4,7-8,12-13,16,18,24H,1-2,5-6,9-11H2/t18-/m0/s1. The molecule has 31 heavy (non-hydrogen) atoms. The molecule has 1 N–H and O–H groups in total. The summed E-state index contributed by atoms with van der Waals surface area (Å²) in [6, 6.07) is 10.1. The largest absolute Gasteiger partial charge is 0.486 e. The van der Waals surface area contributed by atoms with E-state index in [1.165, 1.54) is 12.1 Å². The molecular weight excluding hydrogens is 440 g/mol. The van der Waals surface area contributed by atoms with Crippen molar-refractivity contribution < 1.29 is 22.7 Å². The number of carbonyl (C=O) groups is 1. The zero-order valence-corrected chi connectivity index (χ0v) is 18.4. The van der Waals surface area contributed by atoms with Gasteiger partial charge in [0.1, 0.15) is 18.1 Å². The number of ether oxygens (including phenoxy) is 2. The average Bonchev–Trinajstić information content (AvgIpc) is 3.43. The molecule has 0 bridgehead atoms. The van der Waals surface area contributed by atoms with E-state index in [2.05, 4.69) is 4.72 Å². The van der Waals surface area contributed by atoms with Gasteiger partial charge in [-0.25, -0.2) is 13.1 Å². The molecule has 1 atom stereocenters. The van der Waals surface area contributed by atoms with Crippen molar-refractivity contribution in [1.82, 2.24) is 9.62 Å². The molecule has 0 spiro atoms. The second-order valence-electron chi connectivity index (χ2n) is 8.10. The van der Waals surface area contributed by atoms with Crippen molar-refractivity contribution >= 4 is 27.5 Å². The highest BCUT2D eigenvalue weighted by molar-refractivity contribution is 7.89. The summed E-state index contributed by atoms with van der Waals surface area (Å²) in [5, 5.41) is 0.106. The van der Waals surface area contributed by atoms with E-state index in [-0.39, 0.29) is 27.9 Å². The van der Waals surface area contributed by atoms with Crippen molar-refractivity contribution in [2.75, 3.05) is 19.8 Å². The Hall–Kier alpha value is -2.29. The summed E-state index contributed by atoms with van der Waals surface area (Å²) in [6.45, 7) is 1.63. The molecule has 1 amide bonds. The van der Waals surface area contributed by atoms with Crippen LogP contribution in [0, 0.1) is 0 Å². The maximum absolute atomic E-state index is 13.4. The van der Waals surface area contributed by atoms with E-state index >= 15 is 0 Å². The molecular formula is C22H23ClN2O5S. The molecule has 2 aromatic carbocycles. The van der Waals surface area contributed by atoms with Gasteiger partial charge in [0, 0.05) is 18.2 Å². The number of halogens is 1. The Bertz CT molecular complexity index is 1130. The summed E-state index contributed by atoms with van der Waals surface area (Å²) in [4.78, 5) is 15.1. The number of sulfonamides is 1. The van der Waals surface area contributed by atoms with E-state index in [1.54, 1.807) is 11.0 Å². The van der Waals surface area contributed by atoms with E-state index < -0.39 is 10.0 Å². The summed E-state index contributed by atoms with van der Waals surface area (Å²) in [7, 11) is -3.77. The van der Waals surface area contributed by atoms with Crippen LogP contribution in [-0.4, -0.2) is 45.0 Å². The van der Waals surface area contributed by atoms with Crippen molar-refractivity contribution in [3.8, 4) is 11.5 Å². The smallest absolute Gasteiger partial charge is 0.254 e. The number of carbonyl (C=O) groups excluding carboxylic acids is 1. The van der Waals surface area contributed by atoms with Crippen LogP contribution in [0.2, 0.25) is 5.02 Å². The Morgan fingerprint density at radius 1 is 1.03 bits per heavy atom. The van der Waals surface area contributed by atoms with Crippen molar-refractivity contribution in [1.29, 1.82) is 0 Å². The second kappa shape index (κ2) is 8.00. The van der Waals surface area contributed by atoms with Gasteiger partial charge in [0.15, 0.2) is 11.5 Å². The zero-order chi connectivity index (χ0) is 21.6. The van der Waals surface area contributed by atoms with Crippen LogP contribution in [-0.2, 0) is 10.0 Å². The van der Waals surface area contributed by atoms with Crippen LogP contribution in [0.1, 0.15) is 47.6 Å². The lowest BCUT2D eigenvalue weighted by Crippen LogP contribution is -2.31. The normalized spacial score (nSPS) is 20.7. The second-order valence-corrected chi connectivity index (χ2v) is 10.2. The topological polar surface area (TPSA) is 84.9 Å². The molecule has 164 valence electrons. The van der Waals surface area contributed by atoms with E-state index in [0.717, 1.165) is 31.2 Å². The van der Waals surface area contributed by atoms with E-state index in [9.17, 15) is 13.2 Å². The molecule has 2 aliphatic heterocycles. The Kier molecular flexibility index (Phi) is 5.32. The molecule has 0 radical (unpaired) electrons. The summed E-state index contributed by atoms with van der Waals surface area (Å²) in [5.74, 6) is 1.19. The lowest BCUT2D eigenvalue weighted by molar-refractivity contribution is 0.0735. The van der Waals surface area contributed by atoms with Gasteiger partial charge in [-0.2, -0.15) is 0 Å². The third-order valence-corrected chi connectivity index (χ3v) is 7.83. The first kappa shape index (κ1) is 20.6. The lowest BCUT2D eigenvalue weighted by atomic mass is 10.0. The fourth-order valence-corrected chi connectivity index (χ4v) is 5.95. The minimum atomic E-state index is -3.77. The number of rotatable bonds is 5. The Morgan fingerprint density at radius 3 is 2.58 bits per heavy atom. The Balaban J connectivity index is 1.42. The Labute approximate surface area is 186 Å². The van der Waals surface area contributed by atoms with Gasteiger partial charge in [-0.3, -0.25) is 4.79 Å². The maximum atomic E-state index is 13.4. The van der Waals surface area contributed by atoms with Crippen LogP contribution in [0.4, 0.5) is 0 Å². The molecule has 1 saturated carbocycles. The van der Waals surface area contributed by atoms with Crippen molar-refractivity contribution in [2.24, 2.45) is 0 Å². The Morgan fingerprint density at radius 2 is 1.81 bits per heavy atom. The molecule has 0 unspecified atom stereocenters. The summed E-state index contributed by atoms with van der Waals surface area (Å²) in [5.41, 5.74) is 1.29. The first-order chi connectivity index (χ1) is 14.9. The van der Waals surface area contributed by atoms with E-state index in [0.29, 0.717) is 36.8 Å².